The van der Waals surface area contributed by atoms with Gasteiger partial charge in [-0.15, -0.1) is 10.2 Å². The number of carbonyl (C=O) groups excluding carboxylic acids is 1. The third-order valence-corrected chi connectivity index (χ3v) is 4.10. The molecule has 1 atom stereocenters. The number of aromatic nitrogens is 4. The maximum absolute atomic E-state index is 13.8. The van der Waals surface area contributed by atoms with Crippen LogP contribution in [-0.4, -0.2) is 45.6 Å². The molecule has 1 aliphatic rings. The normalized spacial score (nSPS) is 13.2. The van der Waals surface area contributed by atoms with E-state index in [0.717, 1.165) is 4.80 Å². The minimum atomic E-state index is -0.453. The van der Waals surface area contributed by atoms with E-state index in [1.807, 2.05) is 6.92 Å². The number of hydrogen-bond donors (Lipinski definition) is 1. The molecule has 2 aromatic carbocycles. The fourth-order valence-corrected chi connectivity index (χ4v) is 2.74. The molecule has 1 aromatic heterocycles. The summed E-state index contributed by atoms with van der Waals surface area (Å²) in [4.78, 5) is 13.3. The van der Waals surface area contributed by atoms with Crippen molar-refractivity contribution >= 4 is 5.91 Å². The average Bonchev–Trinajstić information content (AvgIpc) is 3.35. The van der Waals surface area contributed by atoms with Gasteiger partial charge in [-0.3, -0.25) is 4.79 Å². The number of nitrogens with zero attached hydrogens (tertiary/aromatic N) is 4. The fourth-order valence-electron chi connectivity index (χ4n) is 2.74. The Kier molecular flexibility index (Phi) is 5.23. The van der Waals surface area contributed by atoms with E-state index in [-0.39, 0.29) is 43.3 Å². The van der Waals surface area contributed by atoms with Crippen molar-refractivity contribution < 1.29 is 23.4 Å². The first-order valence-corrected chi connectivity index (χ1v) is 8.93. The topological polar surface area (TPSA) is 100 Å². The molecular weight excluding hydrogens is 381 g/mol. The molecule has 10 heteroatoms. The average molecular weight is 399 g/mol. The molecule has 0 spiro atoms. The van der Waals surface area contributed by atoms with Crippen LogP contribution >= 0.6 is 0 Å². The van der Waals surface area contributed by atoms with Crippen molar-refractivity contribution in [2.24, 2.45) is 0 Å². The third-order valence-electron chi connectivity index (χ3n) is 4.10. The highest BCUT2D eigenvalue weighted by Crippen LogP contribution is 2.35. The van der Waals surface area contributed by atoms with E-state index in [9.17, 15) is 9.18 Å². The number of carbonyl (C=O) groups is 1. The maximum atomic E-state index is 13.8. The van der Waals surface area contributed by atoms with E-state index in [2.05, 4.69) is 20.7 Å². The van der Waals surface area contributed by atoms with E-state index < -0.39 is 5.82 Å². The molecule has 29 heavy (non-hydrogen) atoms. The van der Waals surface area contributed by atoms with Gasteiger partial charge in [0.1, 0.15) is 24.7 Å². The number of tetrazole rings is 1. The monoisotopic (exact) mass is 399 g/mol. The lowest BCUT2D eigenvalue weighted by atomic mass is 10.2. The summed E-state index contributed by atoms with van der Waals surface area (Å²) in [6, 6.07) is 11.1. The largest absolute Gasteiger partial charge is 0.491 e. The molecule has 1 N–H and O–H groups in total. The van der Waals surface area contributed by atoms with Crippen LogP contribution in [0.4, 0.5) is 4.39 Å². The minimum absolute atomic E-state index is 0.120. The van der Waals surface area contributed by atoms with Gasteiger partial charge in [-0.2, -0.15) is 4.80 Å². The molecular formula is C19H18FN5O4. The number of benzene rings is 2. The highest BCUT2D eigenvalue weighted by Gasteiger charge is 2.16. The second kappa shape index (κ2) is 8.13. The number of hydrogen-bond acceptors (Lipinski definition) is 7. The lowest BCUT2D eigenvalue weighted by molar-refractivity contribution is -0.122. The van der Waals surface area contributed by atoms with Crippen molar-refractivity contribution in [3.05, 3.63) is 48.3 Å². The summed E-state index contributed by atoms with van der Waals surface area (Å²) < 4.78 is 30.0. The second-order valence-electron chi connectivity index (χ2n) is 6.42. The van der Waals surface area contributed by atoms with Crippen LogP contribution in [0, 0.1) is 5.82 Å². The van der Waals surface area contributed by atoms with Crippen molar-refractivity contribution in [2.45, 2.75) is 19.5 Å². The van der Waals surface area contributed by atoms with Gasteiger partial charge in [0, 0.05) is 6.07 Å². The minimum Gasteiger partial charge on any atom is -0.491 e. The molecule has 4 rings (SSSR count). The summed E-state index contributed by atoms with van der Waals surface area (Å²) >= 11 is 0. The van der Waals surface area contributed by atoms with Crippen LogP contribution in [0.25, 0.3) is 11.4 Å². The first kappa shape index (κ1) is 18.7. The van der Waals surface area contributed by atoms with Crippen LogP contribution in [0.15, 0.2) is 42.5 Å². The molecule has 9 nitrogen and oxygen atoms in total. The van der Waals surface area contributed by atoms with Crippen molar-refractivity contribution in [3.63, 3.8) is 0 Å². The first-order valence-electron chi connectivity index (χ1n) is 8.93. The highest BCUT2D eigenvalue weighted by molar-refractivity contribution is 5.75. The molecule has 0 unspecified atom stereocenters. The SMILES string of the molecule is C[C@@H](COc1ccc2c(c1)OCO2)NC(=O)Cn1nnc(-c2ccccc2F)n1. The summed E-state index contributed by atoms with van der Waals surface area (Å²) in [5, 5.41) is 14.4. The fraction of sp³-hybridized carbons (Fsp3) is 0.263. The zero-order chi connectivity index (χ0) is 20.2. The number of nitrogens with one attached hydrogen (secondary N) is 1. The van der Waals surface area contributed by atoms with Gasteiger partial charge in [-0.25, -0.2) is 4.39 Å². The molecule has 0 radical (unpaired) electrons. The third kappa shape index (κ3) is 4.42. The van der Waals surface area contributed by atoms with Gasteiger partial charge in [0.05, 0.1) is 11.6 Å². The number of amides is 1. The predicted molar refractivity (Wildman–Crippen MR) is 98.9 cm³/mol. The van der Waals surface area contributed by atoms with Gasteiger partial charge in [0.2, 0.25) is 18.5 Å². The highest BCUT2D eigenvalue weighted by atomic mass is 19.1. The summed E-state index contributed by atoms with van der Waals surface area (Å²) in [5.41, 5.74) is 0.227. The van der Waals surface area contributed by atoms with Crippen LogP contribution in [0.1, 0.15) is 6.92 Å². The van der Waals surface area contributed by atoms with E-state index in [4.69, 9.17) is 14.2 Å². The Morgan fingerprint density at radius 3 is 2.97 bits per heavy atom. The summed E-state index contributed by atoms with van der Waals surface area (Å²) in [7, 11) is 0. The molecule has 3 aromatic rings. The predicted octanol–water partition coefficient (Wildman–Crippen LogP) is 1.79. The molecule has 0 fully saturated rings. The Hall–Kier alpha value is -3.69. The molecule has 2 heterocycles. The van der Waals surface area contributed by atoms with Crippen LogP contribution in [0.5, 0.6) is 17.2 Å². The van der Waals surface area contributed by atoms with Gasteiger partial charge in [-0.1, -0.05) is 12.1 Å². The van der Waals surface area contributed by atoms with E-state index in [0.29, 0.717) is 17.2 Å². The van der Waals surface area contributed by atoms with Crippen molar-refractivity contribution in [1.29, 1.82) is 0 Å². The zero-order valence-electron chi connectivity index (χ0n) is 15.5. The van der Waals surface area contributed by atoms with Gasteiger partial charge in [-0.05, 0) is 36.4 Å². The maximum Gasteiger partial charge on any atom is 0.244 e. The van der Waals surface area contributed by atoms with Gasteiger partial charge < -0.3 is 19.5 Å². The molecule has 0 bridgehead atoms. The zero-order valence-corrected chi connectivity index (χ0v) is 15.5. The lowest BCUT2D eigenvalue weighted by Crippen LogP contribution is -2.39. The van der Waals surface area contributed by atoms with Crippen LogP contribution in [-0.2, 0) is 11.3 Å². The molecule has 1 amide bonds. The summed E-state index contributed by atoms with van der Waals surface area (Å²) in [6.45, 7) is 2.12. The quantitative estimate of drug-likeness (QED) is 0.646. The Morgan fingerprint density at radius 1 is 1.28 bits per heavy atom. The van der Waals surface area contributed by atoms with Crippen molar-refractivity contribution in [1.82, 2.24) is 25.5 Å². The van der Waals surface area contributed by atoms with Gasteiger partial charge in [0.25, 0.3) is 0 Å². The van der Waals surface area contributed by atoms with E-state index in [1.165, 1.54) is 6.07 Å². The van der Waals surface area contributed by atoms with Gasteiger partial charge in [0.15, 0.2) is 11.5 Å². The Labute approximate surface area is 165 Å². The number of halogens is 1. The molecule has 0 aliphatic carbocycles. The summed E-state index contributed by atoms with van der Waals surface area (Å²) in [6.07, 6.45) is 0. The van der Waals surface area contributed by atoms with Crippen LogP contribution in [0.2, 0.25) is 0 Å². The van der Waals surface area contributed by atoms with E-state index in [1.54, 1.807) is 36.4 Å². The molecule has 0 saturated heterocycles. The second-order valence-corrected chi connectivity index (χ2v) is 6.42. The van der Waals surface area contributed by atoms with Crippen LogP contribution < -0.4 is 19.5 Å². The Morgan fingerprint density at radius 2 is 2.10 bits per heavy atom. The number of rotatable bonds is 7. The molecule has 1 aliphatic heterocycles. The smallest absolute Gasteiger partial charge is 0.244 e. The first-order chi connectivity index (χ1) is 14.1. The van der Waals surface area contributed by atoms with Crippen molar-refractivity contribution in [3.8, 4) is 28.6 Å². The van der Waals surface area contributed by atoms with E-state index >= 15 is 0 Å². The van der Waals surface area contributed by atoms with Crippen LogP contribution in [0.3, 0.4) is 0 Å². The molecule has 150 valence electrons. The Balaban J connectivity index is 1.28. The summed E-state index contributed by atoms with van der Waals surface area (Å²) in [5.74, 6) is 1.27. The molecule has 0 saturated carbocycles. The van der Waals surface area contributed by atoms with Crippen molar-refractivity contribution in [2.75, 3.05) is 13.4 Å². The van der Waals surface area contributed by atoms with Gasteiger partial charge >= 0.3 is 0 Å². The number of ether oxygens (including phenoxy) is 3. The number of fused-ring (bicyclic) bond motifs is 1. The Bertz CT molecular complexity index is 1030. The standard InChI is InChI=1S/C19H18FN5O4/c1-12(10-27-13-6-7-16-17(8-13)29-11-28-16)21-18(26)9-25-23-19(22-24-25)14-4-2-3-5-15(14)20/h2-8,12H,9-11H2,1H3,(H,21,26)/t12-/m0/s1. The lowest BCUT2D eigenvalue weighted by Gasteiger charge is -2.15.